The van der Waals surface area contributed by atoms with Crippen LogP contribution in [0.3, 0.4) is 0 Å². The molecule has 5 heteroatoms. The van der Waals surface area contributed by atoms with Crippen LogP contribution in [0.25, 0.3) is 11.1 Å². The van der Waals surface area contributed by atoms with E-state index >= 15 is 0 Å². The van der Waals surface area contributed by atoms with E-state index in [9.17, 15) is 8.42 Å². The van der Waals surface area contributed by atoms with E-state index in [4.69, 9.17) is 0 Å². The Morgan fingerprint density at radius 3 is 2.00 bits per heavy atom. The molecule has 24 heavy (non-hydrogen) atoms. The first-order valence-electron chi connectivity index (χ1n) is 8.11. The normalized spacial score (nSPS) is 12.0. The first kappa shape index (κ1) is 18.6. The summed E-state index contributed by atoms with van der Waals surface area (Å²) < 4.78 is 24.8. The van der Waals surface area contributed by atoms with Gasteiger partial charge in [0, 0.05) is 20.6 Å². The smallest absolute Gasteiger partial charge is 0.213 e. The van der Waals surface area contributed by atoms with Gasteiger partial charge in [0.05, 0.1) is 5.75 Å². The van der Waals surface area contributed by atoms with Crippen LogP contribution in [0.15, 0.2) is 54.6 Å². The second-order valence-electron chi connectivity index (χ2n) is 6.25. The Kier molecular flexibility index (Phi) is 6.54. The van der Waals surface area contributed by atoms with E-state index < -0.39 is 10.0 Å². The number of sulfonamides is 1. The van der Waals surface area contributed by atoms with Gasteiger partial charge in [-0.1, -0.05) is 54.6 Å². The first-order chi connectivity index (χ1) is 11.4. The van der Waals surface area contributed by atoms with Gasteiger partial charge in [-0.25, -0.2) is 12.7 Å². The summed E-state index contributed by atoms with van der Waals surface area (Å²) in [6.45, 7) is 1.57. The highest BCUT2D eigenvalue weighted by atomic mass is 32.2. The molecule has 0 amide bonds. The maximum absolute atomic E-state index is 11.7. The number of hydrogen-bond acceptors (Lipinski definition) is 3. The molecule has 0 radical (unpaired) electrons. The number of benzene rings is 2. The lowest BCUT2D eigenvalue weighted by molar-refractivity contribution is 0.327. The zero-order chi connectivity index (χ0) is 17.6. The van der Waals surface area contributed by atoms with Crippen molar-refractivity contribution in [2.45, 2.75) is 13.0 Å². The maximum Gasteiger partial charge on any atom is 0.213 e. The Labute approximate surface area is 145 Å². The standard InChI is InChI=1S/C19H26N2O2S/c1-20(2)24(22,23)15-7-14-21(3)16-17-10-12-19(13-11-17)18-8-5-4-6-9-18/h4-6,8-13H,7,14-16H2,1-3H3. The van der Waals surface area contributed by atoms with Crippen LogP contribution >= 0.6 is 0 Å². The summed E-state index contributed by atoms with van der Waals surface area (Å²) in [5.74, 6) is 0.192. The highest BCUT2D eigenvalue weighted by Crippen LogP contribution is 2.19. The SMILES string of the molecule is CN(CCCS(=O)(=O)N(C)C)Cc1ccc(-c2ccccc2)cc1. The third-order valence-electron chi connectivity index (χ3n) is 4.01. The van der Waals surface area contributed by atoms with E-state index in [1.165, 1.54) is 21.0 Å². The molecule has 130 valence electrons. The molecule has 2 aromatic rings. The molecular formula is C19H26N2O2S. The molecule has 0 saturated carbocycles. The minimum absolute atomic E-state index is 0.192. The van der Waals surface area contributed by atoms with Gasteiger partial charge in [0.25, 0.3) is 0 Å². The zero-order valence-corrected chi connectivity index (χ0v) is 15.5. The van der Waals surface area contributed by atoms with Crippen LogP contribution in [0.2, 0.25) is 0 Å². The number of nitrogens with zero attached hydrogens (tertiary/aromatic N) is 2. The average Bonchev–Trinajstić information content (AvgIpc) is 2.56. The van der Waals surface area contributed by atoms with Crippen LogP contribution in [-0.2, 0) is 16.6 Å². The lowest BCUT2D eigenvalue weighted by Gasteiger charge is -2.18. The first-order valence-corrected chi connectivity index (χ1v) is 9.72. The lowest BCUT2D eigenvalue weighted by atomic mass is 10.0. The predicted molar refractivity (Wildman–Crippen MR) is 100 cm³/mol. The molecule has 0 spiro atoms. The fraction of sp³-hybridized carbons (Fsp3) is 0.368. The zero-order valence-electron chi connectivity index (χ0n) is 14.6. The molecule has 0 heterocycles. The third-order valence-corrected chi connectivity index (χ3v) is 5.93. The van der Waals surface area contributed by atoms with E-state index in [-0.39, 0.29) is 5.75 Å². The number of hydrogen-bond donors (Lipinski definition) is 0. The van der Waals surface area contributed by atoms with Gasteiger partial charge < -0.3 is 4.90 Å². The Morgan fingerprint density at radius 2 is 1.42 bits per heavy atom. The van der Waals surface area contributed by atoms with Crippen LogP contribution in [-0.4, -0.2) is 51.1 Å². The van der Waals surface area contributed by atoms with Crippen molar-refractivity contribution in [2.24, 2.45) is 0 Å². The van der Waals surface area contributed by atoms with Crippen molar-refractivity contribution < 1.29 is 8.42 Å². The molecule has 0 aromatic heterocycles. The van der Waals surface area contributed by atoms with Gasteiger partial charge in [-0.2, -0.15) is 0 Å². The number of rotatable bonds is 8. The molecule has 0 bridgehead atoms. The van der Waals surface area contributed by atoms with Gasteiger partial charge in [0.2, 0.25) is 10.0 Å². The summed E-state index contributed by atoms with van der Waals surface area (Å²) in [5, 5.41) is 0. The summed E-state index contributed by atoms with van der Waals surface area (Å²) in [7, 11) is 2.08. The summed E-state index contributed by atoms with van der Waals surface area (Å²) in [4.78, 5) is 2.16. The van der Waals surface area contributed by atoms with Crippen molar-refractivity contribution in [1.29, 1.82) is 0 Å². The highest BCUT2D eigenvalue weighted by molar-refractivity contribution is 7.89. The quantitative estimate of drug-likeness (QED) is 0.737. The van der Waals surface area contributed by atoms with Crippen molar-refractivity contribution in [1.82, 2.24) is 9.21 Å². The van der Waals surface area contributed by atoms with Gasteiger partial charge in [-0.05, 0) is 36.7 Å². The minimum Gasteiger partial charge on any atom is -0.302 e. The highest BCUT2D eigenvalue weighted by Gasteiger charge is 2.13. The van der Waals surface area contributed by atoms with E-state index in [2.05, 4.69) is 41.3 Å². The fourth-order valence-corrected chi connectivity index (χ4v) is 3.38. The minimum atomic E-state index is -3.10. The molecule has 0 unspecified atom stereocenters. The molecule has 4 nitrogen and oxygen atoms in total. The van der Waals surface area contributed by atoms with Crippen LogP contribution in [0.4, 0.5) is 0 Å². The van der Waals surface area contributed by atoms with Crippen molar-refractivity contribution in [3.63, 3.8) is 0 Å². The molecule has 0 fully saturated rings. The van der Waals surface area contributed by atoms with Crippen LogP contribution in [0.1, 0.15) is 12.0 Å². The summed E-state index contributed by atoms with van der Waals surface area (Å²) in [5.41, 5.74) is 3.65. The Balaban J connectivity index is 1.85. The Hall–Kier alpha value is -1.69. The van der Waals surface area contributed by atoms with Crippen LogP contribution in [0, 0.1) is 0 Å². The van der Waals surface area contributed by atoms with Crippen molar-refractivity contribution in [3.05, 3.63) is 60.2 Å². The van der Waals surface area contributed by atoms with Gasteiger partial charge in [0.15, 0.2) is 0 Å². The van der Waals surface area contributed by atoms with Gasteiger partial charge in [-0.3, -0.25) is 0 Å². The average molecular weight is 346 g/mol. The monoisotopic (exact) mass is 346 g/mol. The fourth-order valence-electron chi connectivity index (χ4n) is 2.52. The topological polar surface area (TPSA) is 40.6 Å². The molecule has 0 atom stereocenters. The molecule has 0 aliphatic rings. The van der Waals surface area contributed by atoms with E-state index in [1.54, 1.807) is 14.1 Å². The summed E-state index contributed by atoms with van der Waals surface area (Å²) >= 11 is 0. The van der Waals surface area contributed by atoms with Crippen LogP contribution in [0.5, 0.6) is 0 Å². The van der Waals surface area contributed by atoms with Gasteiger partial charge in [0.1, 0.15) is 0 Å². The Bertz CT molecular complexity index is 726. The molecule has 0 aliphatic carbocycles. The second-order valence-corrected chi connectivity index (χ2v) is 8.56. The molecule has 0 N–H and O–H groups in total. The second kappa shape index (κ2) is 8.42. The largest absolute Gasteiger partial charge is 0.302 e. The maximum atomic E-state index is 11.7. The van der Waals surface area contributed by atoms with Crippen LogP contribution < -0.4 is 0 Å². The van der Waals surface area contributed by atoms with Crippen molar-refractivity contribution >= 4 is 10.0 Å². The molecule has 2 aromatic carbocycles. The van der Waals surface area contributed by atoms with E-state index in [1.807, 2.05) is 25.2 Å². The Morgan fingerprint density at radius 1 is 0.833 bits per heavy atom. The predicted octanol–water partition coefficient (Wildman–Crippen LogP) is 3.07. The van der Waals surface area contributed by atoms with Gasteiger partial charge in [-0.15, -0.1) is 0 Å². The molecule has 0 saturated heterocycles. The molecule has 0 aliphatic heterocycles. The summed E-state index contributed by atoms with van der Waals surface area (Å²) in [6, 6.07) is 18.8. The third kappa shape index (κ3) is 5.44. The van der Waals surface area contributed by atoms with Gasteiger partial charge >= 0.3 is 0 Å². The molecular weight excluding hydrogens is 320 g/mol. The lowest BCUT2D eigenvalue weighted by Crippen LogP contribution is -2.28. The van der Waals surface area contributed by atoms with Crippen molar-refractivity contribution in [3.8, 4) is 11.1 Å². The van der Waals surface area contributed by atoms with E-state index in [0.717, 1.165) is 13.1 Å². The summed E-state index contributed by atoms with van der Waals surface area (Å²) in [6.07, 6.45) is 0.638. The van der Waals surface area contributed by atoms with E-state index in [0.29, 0.717) is 6.42 Å². The molecule has 2 rings (SSSR count). The van der Waals surface area contributed by atoms with Crippen molar-refractivity contribution in [2.75, 3.05) is 33.4 Å².